The predicted molar refractivity (Wildman–Crippen MR) is 57.2 cm³/mol. The van der Waals surface area contributed by atoms with Crippen LogP contribution in [0.15, 0.2) is 0 Å². The summed E-state index contributed by atoms with van der Waals surface area (Å²) in [5.41, 5.74) is 0. The molecule has 0 aliphatic heterocycles. The Morgan fingerprint density at radius 3 is 2.31 bits per heavy atom. The maximum Gasteiger partial charge on any atom is 0.0252 e. The molecule has 2 saturated carbocycles. The number of halogens is 1. The van der Waals surface area contributed by atoms with E-state index in [2.05, 4.69) is 5.32 Å². The van der Waals surface area contributed by atoms with Crippen molar-refractivity contribution >= 4 is 11.6 Å². The molecular weight excluding hydrogens is 182 g/mol. The number of hydrogen-bond acceptors (Lipinski definition) is 1. The third-order valence-electron chi connectivity index (χ3n) is 3.53. The van der Waals surface area contributed by atoms with E-state index >= 15 is 0 Å². The zero-order chi connectivity index (χ0) is 9.10. The second-order valence-electron chi connectivity index (χ2n) is 4.69. The van der Waals surface area contributed by atoms with Crippen molar-refractivity contribution in [1.82, 2.24) is 5.32 Å². The third kappa shape index (κ3) is 2.60. The highest BCUT2D eigenvalue weighted by atomic mass is 35.5. The molecule has 0 radical (unpaired) electrons. The number of nitrogens with one attached hydrogen (secondary N) is 1. The van der Waals surface area contributed by atoms with Crippen molar-refractivity contribution in [3.05, 3.63) is 0 Å². The number of hydrogen-bond donors (Lipinski definition) is 1. The van der Waals surface area contributed by atoms with E-state index in [4.69, 9.17) is 11.6 Å². The van der Waals surface area contributed by atoms with Crippen LogP contribution in [0.2, 0.25) is 0 Å². The first kappa shape index (κ1) is 9.79. The molecule has 2 fully saturated rings. The van der Waals surface area contributed by atoms with E-state index in [-0.39, 0.29) is 0 Å². The summed E-state index contributed by atoms with van der Waals surface area (Å²) < 4.78 is 0. The van der Waals surface area contributed by atoms with Gasteiger partial charge in [-0.15, -0.1) is 11.6 Å². The molecule has 0 heterocycles. The number of rotatable bonds is 3. The highest BCUT2D eigenvalue weighted by Gasteiger charge is 2.29. The molecule has 0 saturated heterocycles. The van der Waals surface area contributed by atoms with Crippen molar-refractivity contribution in [1.29, 1.82) is 0 Å². The molecule has 0 amide bonds. The lowest BCUT2D eigenvalue weighted by molar-refractivity contribution is 0.207. The molecule has 0 aromatic rings. The minimum absolute atomic E-state index is 0.798. The van der Waals surface area contributed by atoms with Crippen LogP contribution in [0.25, 0.3) is 0 Å². The monoisotopic (exact) mass is 201 g/mol. The van der Waals surface area contributed by atoms with Gasteiger partial charge < -0.3 is 5.32 Å². The molecule has 2 aliphatic rings. The fourth-order valence-corrected chi connectivity index (χ4v) is 2.85. The Kier molecular flexibility index (Phi) is 3.51. The van der Waals surface area contributed by atoms with Crippen molar-refractivity contribution in [2.45, 2.75) is 57.0 Å². The van der Waals surface area contributed by atoms with Crippen LogP contribution in [0.5, 0.6) is 0 Å². The largest absolute Gasteiger partial charge is 0.311 e. The lowest BCUT2D eigenvalue weighted by atomic mass is 9.80. The molecule has 0 aromatic heterocycles. The fourth-order valence-electron chi connectivity index (χ4n) is 2.60. The molecule has 0 bridgehead atoms. The van der Waals surface area contributed by atoms with Gasteiger partial charge in [-0.05, 0) is 31.6 Å². The second kappa shape index (κ2) is 4.65. The van der Waals surface area contributed by atoms with Crippen molar-refractivity contribution in [2.75, 3.05) is 5.88 Å². The average Bonchev–Trinajstić information content (AvgIpc) is 2.12. The van der Waals surface area contributed by atoms with Crippen LogP contribution in [0.1, 0.15) is 44.9 Å². The van der Waals surface area contributed by atoms with Gasteiger partial charge in [0.05, 0.1) is 0 Å². The Morgan fingerprint density at radius 2 is 1.69 bits per heavy atom. The van der Waals surface area contributed by atoms with Gasteiger partial charge in [-0.25, -0.2) is 0 Å². The first-order valence-corrected chi connectivity index (χ1v) is 6.24. The zero-order valence-corrected chi connectivity index (χ0v) is 9.02. The van der Waals surface area contributed by atoms with E-state index in [1.165, 1.54) is 44.9 Å². The molecule has 2 rings (SSSR count). The van der Waals surface area contributed by atoms with Crippen LogP contribution in [0, 0.1) is 5.92 Å². The Morgan fingerprint density at radius 1 is 1.00 bits per heavy atom. The summed E-state index contributed by atoms with van der Waals surface area (Å²) in [6.45, 7) is 0. The van der Waals surface area contributed by atoms with E-state index in [1.807, 2.05) is 0 Å². The maximum atomic E-state index is 5.78. The second-order valence-corrected chi connectivity index (χ2v) is 5.00. The normalized spacial score (nSPS) is 35.8. The highest BCUT2D eigenvalue weighted by Crippen LogP contribution is 2.30. The predicted octanol–water partition coefficient (Wildman–Crippen LogP) is 2.93. The molecule has 13 heavy (non-hydrogen) atoms. The molecule has 0 aromatic carbocycles. The first-order valence-electron chi connectivity index (χ1n) is 5.70. The van der Waals surface area contributed by atoms with E-state index in [1.54, 1.807) is 0 Å². The van der Waals surface area contributed by atoms with Gasteiger partial charge in [0.2, 0.25) is 0 Å². The molecule has 0 spiro atoms. The van der Waals surface area contributed by atoms with Crippen molar-refractivity contribution in [3.8, 4) is 0 Å². The highest BCUT2D eigenvalue weighted by molar-refractivity contribution is 6.18. The van der Waals surface area contributed by atoms with Gasteiger partial charge in [-0.3, -0.25) is 0 Å². The Hall–Kier alpha value is 0.250. The fraction of sp³-hybridized carbons (Fsp3) is 1.00. The summed E-state index contributed by atoms with van der Waals surface area (Å²) in [5.74, 6) is 1.67. The first-order chi connectivity index (χ1) is 6.38. The Bertz CT molecular complexity index is 148. The SMILES string of the molecule is ClCC1CC(NC2CCCCC2)C1. The summed E-state index contributed by atoms with van der Waals surface area (Å²) in [7, 11) is 0. The van der Waals surface area contributed by atoms with Crippen molar-refractivity contribution in [2.24, 2.45) is 5.92 Å². The van der Waals surface area contributed by atoms with Crippen LogP contribution in [0.4, 0.5) is 0 Å². The van der Waals surface area contributed by atoms with Crippen LogP contribution < -0.4 is 5.32 Å². The summed E-state index contributed by atoms with van der Waals surface area (Å²) in [6.07, 6.45) is 9.77. The molecular formula is C11H20ClN. The van der Waals surface area contributed by atoms with E-state index in [0.717, 1.165) is 23.9 Å². The minimum atomic E-state index is 0.798. The molecule has 0 atom stereocenters. The number of alkyl halides is 1. The van der Waals surface area contributed by atoms with Gasteiger partial charge >= 0.3 is 0 Å². The minimum Gasteiger partial charge on any atom is -0.311 e. The lowest BCUT2D eigenvalue weighted by Gasteiger charge is -2.38. The van der Waals surface area contributed by atoms with Crippen molar-refractivity contribution in [3.63, 3.8) is 0 Å². The van der Waals surface area contributed by atoms with Crippen LogP contribution >= 0.6 is 11.6 Å². The van der Waals surface area contributed by atoms with Crippen LogP contribution in [-0.4, -0.2) is 18.0 Å². The molecule has 2 aliphatic carbocycles. The summed E-state index contributed by atoms with van der Waals surface area (Å²) in [5, 5.41) is 3.76. The Balaban J connectivity index is 1.62. The molecule has 0 unspecified atom stereocenters. The van der Waals surface area contributed by atoms with Gasteiger partial charge in [0.15, 0.2) is 0 Å². The average molecular weight is 202 g/mol. The van der Waals surface area contributed by atoms with Gasteiger partial charge in [-0.2, -0.15) is 0 Å². The quantitative estimate of drug-likeness (QED) is 0.693. The van der Waals surface area contributed by atoms with E-state index in [0.29, 0.717) is 0 Å². The molecule has 1 nitrogen and oxygen atoms in total. The zero-order valence-electron chi connectivity index (χ0n) is 8.27. The summed E-state index contributed by atoms with van der Waals surface area (Å²) in [4.78, 5) is 0. The Labute approximate surface area is 86.2 Å². The smallest absolute Gasteiger partial charge is 0.0252 e. The van der Waals surface area contributed by atoms with Crippen LogP contribution in [-0.2, 0) is 0 Å². The topological polar surface area (TPSA) is 12.0 Å². The van der Waals surface area contributed by atoms with Gasteiger partial charge in [0.1, 0.15) is 0 Å². The lowest BCUT2D eigenvalue weighted by Crippen LogP contribution is -2.47. The summed E-state index contributed by atoms with van der Waals surface area (Å²) in [6, 6.07) is 1.63. The third-order valence-corrected chi connectivity index (χ3v) is 3.97. The van der Waals surface area contributed by atoms with Crippen molar-refractivity contribution < 1.29 is 0 Å². The standard InChI is InChI=1S/C11H20ClN/c12-8-9-6-11(7-9)13-10-4-2-1-3-5-10/h9-11,13H,1-8H2. The van der Waals surface area contributed by atoms with Crippen LogP contribution in [0.3, 0.4) is 0 Å². The van der Waals surface area contributed by atoms with E-state index < -0.39 is 0 Å². The maximum absolute atomic E-state index is 5.78. The molecule has 2 heteroatoms. The molecule has 1 N–H and O–H groups in total. The summed E-state index contributed by atoms with van der Waals surface area (Å²) >= 11 is 5.78. The van der Waals surface area contributed by atoms with Gasteiger partial charge in [0, 0.05) is 18.0 Å². The van der Waals surface area contributed by atoms with Gasteiger partial charge in [0.25, 0.3) is 0 Å². The van der Waals surface area contributed by atoms with Gasteiger partial charge in [-0.1, -0.05) is 19.3 Å². The van der Waals surface area contributed by atoms with E-state index in [9.17, 15) is 0 Å². The molecule has 76 valence electrons.